The first-order chi connectivity index (χ1) is 11.1. The van der Waals surface area contributed by atoms with Gasteiger partial charge in [-0.2, -0.15) is 0 Å². The second-order valence-electron chi connectivity index (χ2n) is 6.11. The molecule has 2 N–H and O–H groups in total. The van der Waals surface area contributed by atoms with Crippen molar-refractivity contribution in [3.8, 4) is 0 Å². The van der Waals surface area contributed by atoms with Gasteiger partial charge in [0, 0.05) is 30.8 Å². The fourth-order valence-corrected chi connectivity index (χ4v) is 2.71. The molecule has 1 saturated heterocycles. The van der Waals surface area contributed by atoms with Crippen LogP contribution in [-0.2, 0) is 4.79 Å². The quantitative estimate of drug-likeness (QED) is 0.792. The van der Waals surface area contributed by atoms with Crippen LogP contribution in [0.5, 0.6) is 0 Å². The van der Waals surface area contributed by atoms with Gasteiger partial charge in [-0.1, -0.05) is 19.8 Å². The van der Waals surface area contributed by atoms with Crippen molar-refractivity contribution in [3.05, 3.63) is 29.8 Å². The first-order valence-electron chi connectivity index (χ1n) is 8.47. The summed E-state index contributed by atoms with van der Waals surface area (Å²) in [7, 11) is 0. The van der Waals surface area contributed by atoms with Crippen LogP contribution in [0.1, 0.15) is 55.8 Å². The van der Waals surface area contributed by atoms with Crippen molar-refractivity contribution >= 4 is 17.5 Å². The van der Waals surface area contributed by atoms with Crippen LogP contribution in [0.2, 0.25) is 0 Å². The Kier molecular flexibility index (Phi) is 6.59. The number of rotatable bonds is 6. The third-order valence-electron chi connectivity index (χ3n) is 4.17. The summed E-state index contributed by atoms with van der Waals surface area (Å²) in [5.41, 5.74) is 1.34. The van der Waals surface area contributed by atoms with Gasteiger partial charge in [0.1, 0.15) is 0 Å². The van der Waals surface area contributed by atoms with Crippen molar-refractivity contribution < 1.29 is 14.7 Å². The molecule has 5 nitrogen and oxygen atoms in total. The SMILES string of the molecule is CCCCCC(=O)Nc1ccc(C(=O)N2CCC(O)CC2)cc1. The average Bonchev–Trinajstić information content (AvgIpc) is 2.56. The summed E-state index contributed by atoms with van der Waals surface area (Å²) in [4.78, 5) is 25.9. The number of aliphatic hydroxyl groups is 1. The van der Waals surface area contributed by atoms with Crippen LogP contribution in [0.25, 0.3) is 0 Å². The van der Waals surface area contributed by atoms with E-state index in [-0.39, 0.29) is 17.9 Å². The number of piperidine rings is 1. The summed E-state index contributed by atoms with van der Waals surface area (Å²) in [6.45, 7) is 3.29. The van der Waals surface area contributed by atoms with Gasteiger partial charge in [0.25, 0.3) is 5.91 Å². The van der Waals surface area contributed by atoms with E-state index in [1.54, 1.807) is 29.2 Å². The molecule has 1 heterocycles. The third kappa shape index (κ3) is 5.36. The molecule has 0 atom stereocenters. The number of nitrogens with one attached hydrogen (secondary N) is 1. The summed E-state index contributed by atoms with van der Waals surface area (Å²) in [6.07, 6.45) is 4.58. The Morgan fingerprint density at radius 2 is 1.83 bits per heavy atom. The van der Waals surface area contributed by atoms with Gasteiger partial charge in [-0.05, 0) is 43.5 Å². The maximum atomic E-state index is 12.4. The standard InChI is InChI=1S/C18H26N2O3/c1-2-3-4-5-17(22)19-15-8-6-14(7-9-15)18(23)20-12-10-16(21)11-13-20/h6-9,16,21H,2-5,10-13H2,1H3,(H,19,22). The highest BCUT2D eigenvalue weighted by Crippen LogP contribution is 2.16. The molecule has 5 heteroatoms. The lowest BCUT2D eigenvalue weighted by Gasteiger charge is -2.29. The minimum absolute atomic E-state index is 0.0160. The van der Waals surface area contributed by atoms with E-state index in [0.717, 1.165) is 24.9 Å². The van der Waals surface area contributed by atoms with Crippen molar-refractivity contribution in [2.75, 3.05) is 18.4 Å². The number of anilines is 1. The van der Waals surface area contributed by atoms with E-state index < -0.39 is 0 Å². The molecule has 0 aromatic heterocycles. The minimum atomic E-state index is -0.288. The van der Waals surface area contributed by atoms with Gasteiger partial charge in [0.15, 0.2) is 0 Å². The smallest absolute Gasteiger partial charge is 0.253 e. The fraction of sp³-hybridized carbons (Fsp3) is 0.556. The molecular formula is C18H26N2O3. The monoisotopic (exact) mass is 318 g/mol. The molecule has 0 bridgehead atoms. The van der Waals surface area contributed by atoms with Crippen LogP contribution in [-0.4, -0.2) is 41.0 Å². The van der Waals surface area contributed by atoms with Gasteiger partial charge in [-0.25, -0.2) is 0 Å². The Bertz CT molecular complexity index is 520. The number of nitrogens with zero attached hydrogens (tertiary/aromatic N) is 1. The Hall–Kier alpha value is -1.88. The molecule has 1 aromatic rings. The van der Waals surface area contributed by atoms with Crippen LogP contribution in [0.4, 0.5) is 5.69 Å². The zero-order chi connectivity index (χ0) is 16.7. The number of carbonyl (C=O) groups excluding carboxylic acids is 2. The van der Waals surface area contributed by atoms with E-state index >= 15 is 0 Å². The topological polar surface area (TPSA) is 69.6 Å². The normalized spacial score (nSPS) is 15.5. The van der Waals surface area contributed by atoms with Gasteiger partial charge in [-0.15, -0.1) is 0 Å². The maximum Gasteiger partial charge on any atom is 0.253 e. The Balaban J connectivity index is 1.86. The Labute approximate surface area is 137 Å². The van der Waals surface area contributed by atoms with Gasteiger partial charge in [0.05, 0.1) is 6.10 Å². The largest absolute Gasteiger partial charge is 0.393 e. The molecule has 0 spiro atoms. The second kappa shape index (κ2) is 8.67. The molecule has 23 heavy (non-hydrogen) atoms. The van der Waals surface area contributed by atoms with E-state index in [2.05, 4.69) is 12.2 Å². The number of likely N-dealkylation sites (tertiary alicyclic amines) is 1. The van der Waals surface area contributed by atoms with E-state index in [1.807, 2.05) is 0 Å². The molecule has 2 amide bonds. The molecule has 0 unspecified atom stereocenters. The number of carbonyl (C=O) groups is 2. The van der Waals surface area contributed by atoms with Crippen molar-refractivity contribution in [2.45, 2.75) is 51.6 Å². The first-order valence-corrected chi connectivity index (χ1v) is 8.47. The van der Waals surface area contributed by atoms with Crippen molar-refractivity contribution in [2.24, 2.45) is 0 Å². The number of hydrogen-bond acceptors (Lipinski definition) is 3. The van der Waals surface area contributed by atoms with E-state index in [9.17, 15) is 14.7 Å². The zero-order valence-electron chi connectivity index (χ0n) is 13.8. The lowest BCUT2D eigenvalue weighted by atomic mass is 10.1. The molecule has 0 radical (unpaired) electrons. The lowest BCUT2D eigenvalue weighted by Crippen LogP contribution is -2.40. The molecule has 126 valence electrons. The van der Waals surface area contributed by atoms with Crippen LogP contribution < -0.4 is 5.32 Å². The molecule has 0 saturated carbocycles. The van der Waals surface area contributed by atoms with Crippen LogP contribution in [0.3, 0.4) is 0 Å². The maximum absolute atomic E-state index is 12.4. The molecule has 1 fully saturated rings. The highest BCUT2D eigenvalue weighted by atomic mass is 16.3. The first kappa shape index (κ1) is 17.5. The summed E-state index contributed by atoms with van der Waals surface area (Å²) in [6, 6.07) is 7.03. The van der Waals surface area contributed by atoms with Gasteiger partial charge < -0.3 is 15.3 Å². The highest BCUT2D eigenvalue weighted by molar-refractivity contribution is 5.95. The molecular weight excluding hydrogens is 292 g/mol. The average molecular weight is 318 g/mol. The predicted molar refractivity (Wildman–Crippen MR) is 90.4 cm³/mol. The van der Waals surface area contributed by atoms with E-state index in [0.29, 0.717) is 37.9 Å². The Morgan fingerprint density at radius 3 is 2.43 bits per heavy atom. The number of aliphatic hydroxyl groups excluding tert-OH is 1. The number of hydrogen-bond donors (Lipinski definition) is 2. The highest BCUT2D eigenvalue weighted by Gasteiger charge is 2.22. The van der Waals surface area contributed by atoms with E-state index in [1.165, 1.54) is 0 Å². The van der Waals surface area contributed by atoms with Crippen molar-refractivity contribution in [1.82, 2.24) is 4.90 Å². The van der Waals surface area contributed by atoms with Crippen LogP contribution in [0.15, 0.2) is 24.3 Å². The molecule has 1 aromatic carbocycles. The molecule has 1 aliphatic heterocycles. The van der Waals surface area contributed by atoms with Crippen molar-refractivity contribution in [1.29, 1.82) is 0 Å². The Morgan fingerprint density at radius 1 is 1.17 bits per heavy atom. The molecule has 2 rings (SSSR count). The molecule has 0 aliphatic carbocycles. The summed E-state index contributed by atoms with van der Waals surface area (Å²) in [5.74, 6) is 0.000247. The number of unbranched alkanes of at least 4 members (excludes halogenated alkanes) is 2. The molecule has 1 aliphatic rings. The van der Waals surface area contributed by atoms with Gasteiger partial charge in [-0.3, -0.25) is 9.59 Å². The fourth-order valence-electron chi connectivity index (χ4n) is 2.71. The number of amides is 2. The number of benzene rings is 1. The van der Waals surface area contributed by atoms with Gasteiger partial charge in [0.2, 0.25) is 5.91 Å². The summed E-state index contributed by atoms with van der Waals surface area (Å²) >= 11 is 0. The lowest BCUT2D eigenvalue weighted by molar-refractivity contribution is -0.116. The zero-order valence-corrected chi connectivity index (χ0v) is 13.8. The third-order valence-corrected chi connectivity index (χ3v) is 4.17. The summed E-state index contributed by atoms with van der Waals surface area (Å²) in [5, 5.41) is 12.4. The summed E-state index contributed by atoms with van der Waals surface area (Å²) < 4.78 is 0. The van der Waals surface area contributed by atoms with Crippen LogP contribution >= 0.6 is 0 Å². The van der Waals surface area contributed by atoms with Crippen LogP contribution in [0, 0.1) is 0 Å². The predicted octanol–water partition coefficient (Wildman–Crippen LogP) is 2.80. The van der Waals surface area contributed by atoms with Gasteiger partial charge >= 0.3 is 0 Å². The second-order valence-corrected chi connectivity index (χ2v) is 6.11. The van der Waals surface area contributed by atoms with Crippen molar-refractivity contribution in [3.63, 3.8) is 0 Å². The van der Waals surface area contributed by atoms with E-state index in [4.69, 9.17) is 0 Å². The minimum Gasteiger partial charge on any atom is -0.393 e.